The highest BCUT2D eigenvalue weighted by Crippen LogP contribution is 2.31. The second-order valence-electron chi connectivity index (χ2n) is 9.24. The van der Waals surface area contributed by atoms with Crippen LogP contribution in [0.1, 0.15) is 30.5 Å². The van der Waals surface area contributed by atoms with Gasteiger partial charge in [-0.2, -0.15) is 0 Å². The molecular weight excluding hydrogens is 500 g/mol. The van der Waals surface area contributed by atoms with E-state index in [1.165, 1.54) is 13.8 Å². The smallest absolute Gasteiger partial charge is 0.305 e. The van der Waals surface area contributed by atoms with E-state index in [2.05, 4.69) is 0 Å². The molecule has 1 heterocycles. The molecule has 0 aromatic heterocycles. The minimum atomic E-state index is -1.11. The van der Waals surface area contributed by atoms with Crippen LogP contribution in [0.3, 0.4) is 0 Å². The third-order valence-corrected chi connectivity index (χ3v) is 6.18. The summed E-state index contributed by atoms with van der Waals surface area (Å²) in [4.78, 5) is 23.8. The largest absolute Gasteiger partial charge is 0.463 e. The molecule has 8 nitrogen and oxygen atoms in total. The lowest BCUT2D eigenvalue weighted by Gasteiger charge is -2.45. The van der Waals surface area contributed by atoms with Crippen LogP contribution in [0.2, 0.25) is 0 Å². The molecule has 4 rings (SSSR count). The molecule has 0 bridgehead atoms. The van der Waals surface area contributed by atoms with E-state index >= 15 is 0 Å². The molecule has 1 fully saturated rings. The first kappa shape index (κ1) is 28.4. The summed E-state index contributed by atoms with van der Waals surface area (Å²) in [6.07, 6.45) is -4.15. The van der Waals surface area contributed by atoms with Crippen LogP contribution in [-0.4, -0.2) is 49.3 Å². The number of carbonyl (C=O) groups excluding carboxylic acids is 2. The van der Waals surface area contributed by atoms with Crippen molar-refractivity contribution in [2.24, 2.45) is 0 Å². The molecule has 0 unspecified atom stereocenters. The van der Waals surface area contributed by atoms with E-state index in [-0.39, 0.29) is 26.4 Å². The number of esters is 2. The van der Waals surface area contributed by atoms with Gasteiger partial charge in [0.15, 0.2) is 0 Å². The predicted molar refractivity (Wildman–Crippen MR) is 142 cm³/mol. The minimum absolute atomic E-state index is 0.108. The first-order valence-corrected chi connectivity index (χ1v) is 12.9. The molecule has 0 radical (unpaired) electrons. The highest BCUT2D eigenvalue weighted by atomic mass is 16.7. The summed E-state index contributed by atoms with van der Waals surface area (Å²) in [5.74, 6) is -1.00. The fraction of sp³-hybridized carbons (Fsp3) is 0.355. The maximum atomic E-state index is 12.1. The summed E-state index contributed by atoms with van der Waals surface area (Å²) < 4.78 is 36.2. The van der Waals surface area contributed by atoms with E-state index < -0.39 is 42.6 Å². The molecule has 5 atom stereocenters. The first-order chi connectivity index (χ1) is 19.0. The van der Waals surface area contributed by atoms with Crippen molar-refractivity contribution in [2.45, 2.75) is 64.4 Å². The normalized spacial score (nSPS) is 22.7. The Kier molecular flexibility index (Phi) is 10.6. The quantitative estimate of drug-likeness (QED) is 0.312. The van der Waals surface area contributed by atoms with Crippen LogP contribution >= 0.6 is 0 Å². The molecule has 8 heteroatoms. The summed E-state index contributed by atoms with van der Waals surface area (Å²) in [6, 6.07) is 29.1. The monoisotopic (exact) mass is 534 g/mol. The summed E-state index contributed by atoms with van der Waals surface area (Å²) >= 11 is 0. The summed E-state index contributed by atoms with van der Waals surface area (Å²) in [7, 11) is 0. The Balaban J connectivity index is 1.64. The predicted octanol–water partition coefficient (Wildman–Crippen LogP) is 4.59. The Labute approximate surface area is 228 Å². The second-order valence-corrected chi connectivity index (χ2v) is 9.24. The second kappa shape index (κ2) is 14.6. The van der Waals surface area contributed by atoms with E-state index in [0.717, 1.165) is 16.7 Å². The summed E-state index contributed by atoms with van der Waals surface area (Å²) in [6.45, 7) is 3.27. The van der Waals surface area contributed by atoms with Gasteiger partial charge in [-0.05, 0) is 16.7 Å². The van der Waals surface area contributed by atoms with Crippen LogP contribution in [0.5, 0.6) is 0 Å². The molecule has 206 valence electrons. The van der Waals surface area contributed by atoms with E-state index in [1.807, 2.05) is 91.0 Å². The van der Waals surface area contributed by atoms with Crippen molar-refractivity contribution in [3.05, 3.63) is 108 Å². The van der Waals surface area contributed by atoms with Crippen LogP contribution in [0.4, 0.5) is 0 Å². The standard InChI is InChI=1S/C31H34O8/c1-22(32)34-21-27-28(35-18-24-12-6-3-7-13-24)29(36-19-25-14-8-4-9-15-25)30(31(39-27)38-23(2)33)37-20-26-16-10-5-11-17-26/h3-17,27-31H,18-21H2,1-2H3/t27-,28-,29+,30+,31+/m0/s1. The Hall–Kier alpha value is -3.56. The first-order valence-electron chi connectivity index (χ1n) is 12.9. The topological polar surface area (TPSA) is 89.5 Å². The van der Waals surface area contributed by atoms with E-state index in [1.54, 1.807) is 0 Å². The van der Waals surface area contributed by atoms with Gasteiger partial charge in [0.05, 0.1) is 19.8 Å². The third kappa shape index (κ3) is 8.73. The van der Waals surface area contributed by atoms with Gasteiger partial charge in [-0.1, -0.05) is 91.0 Å². The van der Waals surface area contributed by atoms with Gasteiger partial charge in [-0.25, -0.2) is 0 Å². The SMILES string of the molecule is CC(=O)OC[C@@H]1O[C@@H](OC(C)=O)[C@H](OCc2ccccc2)[C@H](OCc2ccccc2)[C@H]1OCc1ccccc1. The zero-order chi connectivity index (χ0) is 27.5. The Morgan fingerprint density at radius 3 is 1.49 bits per heavy atom. The van der Waals surface area contributed by atoms with Gasteiger partial charge in [0.25, 0.3) is 0 Å². The molecule has 1 saturated heterocycles. The van der Waals surface area contributed by atoms with Gasteiger partial charge >= 0.3 is 11.9 Å². The summed E-state index contributed by atoms with van der Waals surface area (Å²) in [5.41, 5.74) is 2.84. The maximum absolute atomic E-state index is 12.1. The van der Waals surface area contributed by atoms with Crippen molar-refractivity contribution < 1.29 is 38.0 Å². The number of hydrogen-bond acceptors (Lipinski definition) is 8. The lowest BCUT2D eigenvalue weighted by molar-refractivity contribution is -0.318. The number of rotatable bonds is 12. The maximum Gasteiger partial charge on any atom is 0.305 e. The molecule has 3 aromatic carbocycles. The molecule has 0 amide bonds. The fourth-order valence-electron chi connectivity index (χ4n) is 4.34. The molecule has 1 aliphatic heterocycles. The number of benzene rings is 3. The zero-order valence-electron chi connectivity index (χ0n) is 22.1. The lowest BCUT2D eigenvalue weighted by Crippen LogP contribution is -2.62. The van der Waals surface area contributed by atoms with Crippen LogP contribution < -0.4 is 0 Å². The lowest BCUT2D eigenvalue weighted by atomic mass is 9.97. The van der Waals surface area contributed by atoms with E-state index in [4.69, 9.17) is 28.4 Å². The van der Waals surface area contributed by atoms with Gasteiger partial charge in [0, 0.05) is 13.8 Å². The molecule has 39 heavy (non-hydrogen) atoms. The minimum Gasteiger partial charge on any atom is -0.463 e. The van der Waals surface area contributed by atoms with Crippen LogP contribution in [-0.2, 0) is 57.8 Å². The number of ether oxygens (including phenoxy) is 6. The molecule has 1 aliphatic rings. The van der Waals surface area contributed by atoms with Gasteiger partial charge < -0.3 is 28.4 Å². The fourth-order valence-corrected chi connectivity index (χ4v) is 4.34. The van der Waals surface area contributed by atoms with Gasteiger partial charge in [-0.3, -0.25) is 9.59 Å². The molecule has 0 saturated carbocycles. The molecular formula is C31H34O8. The highest BCUT2D eigenvalue weighted by Gasteiger charge is 2.50. The van der Waals surface area contributed by atoms with Crippen molar-refractivity contribution in [3.63, 3.8) is 0 Å². The zero-order valence-corrected chi connectivity index (χ0v) is 22.1. The average molecular weight is 535 g/mol. The van der Waals surface area contributed by atoms with E-state index in [0.29, 0.717) is 0 Å². The summed E-state index contributed by atoms with van der Waals surface area (Å²) in [5, 5.41) is 0. The van der Waals surface area contributed by atoms with Crippen molar-refractivity contribution in [1.29, 1.82) is 0 Å². The van der Waals surface area contributed by atoms with Crippen LogP contribution in [0, 0.1) is 0 Å². The molecule has 0 aliphatic carbocycles. The van der Waals surface area contributed by atoms with Gasteiger partial charge in [-0.15, -0.1) is 0 Å². The van der Waals surface area contributed by atoms with E-state index in [9.17, 15) is 9.59 Å². The molecule has 0 spiro atoms. The Morgan fingerprint density at radius 2 is 1.05 bits per heavy atom. The number of hydrogen-bond donors (Lipinski definition) is 0. The number of carbonyl (C=O) groups is 2. The van der Waals surface area contributed by atoms with Crippen molar-refractivity contribution in [1.82, 2.24) is 0 Å². The van der Waals surface area contributed by atoms with Crippen LogP contribution in [0.15, 0.2) is 91.0 Å². The Bertz CT molecular complexity index is 1150. The average Bonchev–Trinajstić information content (AvgIpc) is 2.95. The van der Waals surface area contributed by atoms with Crippen molar-refractivity contribution in [3.8, 4) is 0 Å². The van der Waals surface area contributed by atoms with Crippen LogP contribution in [0.25, 0.3) is 0 Å². The third-order valence-electron chi connectivity index (χ3n) is 6.18. The molecule has 0 N–H and O–H groups in total. The molecule has 3 aromatic rings. The Morgan fingerprint density at radius 1 is 0.615 bits per heavy atom. The van der Waals surface area contributed by atoms with Gasteiger partial charge in [0.2, 0.25) is 6.29 Å². The van der Waals surface area contributed by atoms with Crippen molar-refractivity contribution >= 4 is 11.9 Å². The highest BCUT2D eigenvalue weighted by molar-refractivity contribution is 5.66. The van der Waals surface area contributed by atoms with Gasteiger partial charge in [0.1, 0.15) is 31.0 Å². The van der Waals surface area contributed by atoms with Crippen molar-refractivity contribution in [2.75, 3.05) is 6.61 Å².